The lowest BCUT2D eigenvalue weighted by Gasteiger charge is -2.43. The Morgan fingerprint density at radius 1 is 1.26 bits per heavy atom. The maximum Gasteiger partial charge on any atom is 0.163 e. The topological polar surface area (TPSA) is 41.3 Å². The summed E-state index contributed by atoms with van der Waals surface area (Å²) in [6.45, 7) is 0. The highest BCUT2D eigenvalue weighted by Crippen LogP contribution is 2.43. The Bertz CT molecular complexity index is 442. The van der Waals surface area contributed by atoms with Crippen molar-refractivity contribution in [1.29, 1.82) is 0 Å². The highest BCUT2D eigenvalue weighted by molar-refractivity contribution is 5.27. The summed E-state index contributed by atoms with van der Waals surface area (Å²) in [5, 5.41) is 0. The molecule has 1 unspecified atom stereocenters. The highest BCUT2D eigenvalue weighted by Gasteiger charge is 2.44. The number of nitrogens with zero attached hydrogens (tertiary/aromatic N) is 1. The SMILES string of the molecule is CN(C)C1(C(NN)c2cccc(F)c2F)CCCC1. The van der Waals surface area contributed by atoms with Crippen LogP contribution in [0.25, 0.3) is 0 Å². The molecule has 0 heterocycles. The van der Waals surface area contributed by atoms with Crippen LogP contribution in [0, 0.1) is 11.6 Å². The molecule has 1 aliphatic carbocycles. The third-order valence-electron chi connectivity index (χ3n) is 4.36. The van der Waals surface area contributed by atoms with Crippen LogP contribution in [0.1, 0.15) is 37.3 Å². The van der Waals surface area contributed by atoms with E-state index in [2.05, 4.69) is 10.3 Å². The van der Waals surface area contributed by atoms with E-state index in [9.17, 15) is 8.78 Å². The molecule has 0 saturated heterocycles. The lowest BCUT2D eigenvalue weighted by molar-refractivity contribution is 0.102. The average Bonchev–Trinajstić information content (AvgIpc) is 2.86. The second-order valence-corrected chi connectivity index (χ2v) is 5.45. The first kappa shape index (κ1) is 14.4. The minimum Gasteiger partial charge on any atom is -0.302 e. The average molecular weight is 269 g/mol. The maximum absolute atomic E-state index is 14.0. The van der Waals surface area contributed by atoms with Crippen molar-refractivity contribution in [3.63, 3.8) is 0 Å². The first-order valence-corrected chi connectivity index (χ1v) is 6.60. The molecule has 0 spiro atoms. The van der Waals surface area contributed by atoms with Crippen LogP contribution in [-0.4, -0.2) is 24.5 Å². The van der Waals surface area contributed by atoms with E-state index in [1.54, 1.807) is 6.07 Å². The third-order valence-corrected chi connectivity index (χ3v) is 4.36. The van der Waals surface area contributed by atoms with Crippen molar-refractivity contribution < 1.29 is 8.78 Å². The van der Waals surface area contributed by atoms with Crippen LogP contribution in [0.2, 0.25) is 0 Å². The normalized spacial score (nSPS) is 19.9. The van der Waals surface area contributed by atoms with Gasteiger partial charge in [0.2, 0.25) is 0 Å². The van der Waals surface area contributed by atoms with Crippen molar-refractivity contribution in [2.24, 2.45) is 5.84 Å². The zero-order valence-electron chi connectivity index (χ0n) is 11.4. The van der Waals surface area contributed by atoms with Crippen LogP contribution in [0.15, 0.2) is 18.2 Å². The molecule has 0 radical (unpaired) electrons. The number of hydrogen-bond donors (Lipinski definition) is 2. The molecule has 3 nitrogen and oxygen atoms in total. The number of nitrogens with two attached hydrogens (primary N) is 1. The molecule has 19 heavy (non-hydrogen) atoms. The summed E-state index contributed by atoms with van der Waals surface area (Å²) in [4.78, 5) is 2.08. The van der Waals surface area contributed by atoms with Gasteiger partial charge in [-0.05, 0) is 33.0 Å². The molecule has 1 aromatic rings. The van der Waals surface area contributed by atoms with Gasteiger partial charge in [-0.1, -0.05) is 25.0 Å². The Labute approximate surface area is 112 Å². The number of hydrogen-bond acceptors (Lipinski definition) is 3. The monoisotopic (exact) mass is 269 g/mol. The Hall–Kier alpha value is -1.04. The summed E-state index contributed by atoms with van der Waals surface area (Å²) < 4.78 is 27.5. The lowest BCUT2D eigenvalue weighted by atomic mass is 9.82. The second-order valence-electron chi connectivity index (χ2n) is 5.45. The van der Waals surface area contributed by atoms with Crippen LogP contribution >= 0.6 is 0 Å². The van der Waals surface area contributed by atoms with Gasteiger partial charge < -0.3 is 4.90 Å². The third kappa shape index (κ3) is 2.38. The molecule has 5 heteroatoms. The fraction of sp³-hybridized carbons (Fsp3) is 0.571. The smallest absolute Gasteiger partial charge is 0.163 e. The number of hydrazine groups is 1. The predicted molar refractivity (Wildman–Crippen MR) is 71.3 cm³/mol. The van der Waals surface area contributed by atoms with Crippen molar-refractivity contribution in [3.8, 4) is 0 Å². The van der Waals surface area contributed by atoms with E-state index in [1.807, 2.05) is 14.1 Å². The quantitative estimate of drug-likeness (QED) is 0.651. The molecule has 0 bridgehead atoms. The zero-order chi connectivity index (χ0) is 14.0. The van der Waals surface area contributed by atoms with Gasteiger partial charge in [-0.15, -0.1) is 0 Å². The molecule has 1 aromatic carbocycles. The zero-order valence-corrected chi connectivity index (χ0v) is 11.4. The van der Waals surface area contributed by atoms with Gasteiger partial charge >= 0.3 is 0 Å². The van der Waals surface area contributed by atoms with Crippen molar-refractivity contribution in [2.45, 2.75) is 37.3 Å². The highest BCUT2D eigenvalue weighted by atomic mass is 19.2. The summed E-state index contributed by atoms with van der Waals surface area (Å²) in [5.74, 6) is 4.02. The van der Waals surface area contributed by atoms with Crippen molar-refractivity contribution in [3.05, 3.63) is 35.4 Å². The van der Waals surface area contributed by atoms with E-state index in [1.165, 1.54) is 6.07 Å². The maximum atomic E-state index is 14.0. The number of benzene rings is 1. The molecule has 0 amide bonds. The largest absolute Gasteiger partial charge is 0.302 e. The van der Waals surface area contributed by atoms with Crippen LogP contribution in [-0.2, 0) is 0 Å². The molecule has 106 valence electrons. The van der Waals surface area contributed by atoms with Gasteiger partial charge in [-0.25, -0.2) is 8.78 Å². The van der Waals surface area contributed by atoms with Gasteiger partial charge in [0.1, 0.15) is 0 Å². The molecule has 2 rings (SSSR count). The number of nitrogens with one attached hydrogen (secondary N) is 1. The summed E-state index contributed by atoms with van der Waals surface area (Å²) >= 11 is 0. The van der Waals surface area contributed by atoms with Gasteiger partial charge in [-0.2, -0.15) is 0 Å². The lowest BCUT2D eigenvalue weighted by Crippen LogP contribution is -2.54. The molecular formula is C14H21F2N3. The Balaban J connectivity index is 2.46. The number of rotatable bonds is 4. The molecule has 0 aliphatic heterocycles. The summed E-state index contributed by atoms with van der Waals surface area (Å²) in [7, 11) is 3.93. The van der Waals surface area contributed by atoms with Crippen LogP contribution in [0.3, 0.4) is 0 Å². The fourth-order valence-electron chi connectivity index (χ4n) is 3.26. The van der Waals surface area contributed by atoms with Crippen LogP contribution in [0.4, 0.5) is 8.78 Å². The summed E-state index contributed by atoms with van der Waals surface area (Å²) in [5.41, 5.74) is 2.75. The Morgan fingerprint density at radius 2 is 1.89 bits per heavy atom. The van der Waals surface area contributed by atoms with Gasteiger partial charge in [0.25, 0.3) is 0 Å². The van der Waals surface area contributed by atoms with E-state index < -0.39 is 17.7 Å². The Kier molecular flexibility index (Phi) is 4.18. The van der Waals surface area contributed by atoms with Gasteiger partial charge in [0, 0.05) is 11.1 Å². The van der Waals surface area contributed by atoms with E-state index in [0.29, 0.717) is 5.56 Å². The standard InChI is InChI=1S/C14H21F2N3/c1-19(2)14(8-3-4-9-14)13(18-17)10-6-5-7-11(15)12(10)16/h5-7,13,18H,3-4,8-9,17H2,1-2H3. The van der Waals surface area contributed by atoms with Crippen LogP contribution in [0.5, 0.6) is 0 Å². The minimum absolute atomic E-state index is 0.261. The van der Waals surface area contributed by atoms with E-state index in [-0.39, 0.29) is 5.54 Å². The van der Waals surface area contributed by atoms with E-state index in [4.69, 9.17) is 5.84 Å². The van der Waals surface area contributed by atoms with Gasteiger partial charge in [-0.3, -0.25) is 11.3 Å². The van der Waals surface area contributed by atoms with E-state index >= 15 is 0 Å². The van der Waals surface area contributed by atoms with Crippen molar-refractivity contribution >= 4 is 0 Å². The molecule has 1 atom stereocenters. The number of likely N-dealkylation sites (N-methyl/N-ethyl adjacent to an activating group) is 1. The predicted octanol–water partition coefficient (Wildman–Crippen LogP) is 2.34. The fourth-order valence-corrected chi connectivity index (χ4v) is 3.26. The van der Waals surface area contributed by atoms with E-state index in [0.717, 1.165) is 31.7 Å². The van der Waals surface area contributed by atoms with Crippen molar-refractivity contribution in [1.82, 2.24) is 10.3 Å². The van der Waals surface area contributed by atoms with Crippen molar-refractivity contribution in [2.75, 3.05) is 14.1 Å². The second kappa shape index (κ2) is 5.53. The van der Waals surface area contributed by atoms with Gasteiger partial charge in [0.15, 0.2) is 11.6 Å². The van der Waals surface area contributed by atoms with Gasteiger partial charge in [0.05, 0.1) is 6.04 Å². The first-order chi connectivity index (χ1) is 9.03. The summed E-state index contributed by atoms with van der Waals surface area (Å²) in [6, 6.07) is 3.84. The first-order valence-electron chi connectivity index (χ1n) is 6.60. The molecule has 1 fully saturated rings. The molecule has 1 aliphatic rings. The molecule has 1 saturated carbocycles. The minimum atomic E-state index is -0.829. The molecule has 3 N–H and O–H groups in total. The number of halogens is 2. The molecular weight excluding hydrogens is 248 g/mol. The van der Waals surface area contributed by atoms with Crippen LogP contribution < -0.4 is 11.3 Å². The summed E-state index contributed by atoms with van der Waals surface area (Å²) in [6.07, 6.45) is 4.00. The Morgan fingerprint density at radius 3 is 2.42 bits per heavy atom. The molecule has 0 aromatic heterocycles.